The molecule has 19 heavy (non-hydrogen) atoms. The molecule has 0 bridgehead atoms. The Labute approximate surface area is 110 Å². The minimum Gasteiger partial charge on any atom is -0.359 e. The molecule has 0 aliphatic heterocycles. The minimum atomic E-state index is -0.308. The van der Waals surface area contributed by atoms with Gasteiger partial charge in [-0.2, -0.15) is 0 Å². The Morgan fingerprint density at radius 3 is 2.58 bits per heavy atom. The molecule has 0 saturated heterocycles. The number of rotatable bonds is 5. The first-order valence-corrected chi connectivity index (χ1v) is 5.93. The highest BCUT2D eigenvalue weighted by Crippen LogP contribution is 2.26. The standard InChI is InChI=1S/C14H15FN2O2/c1-17(2)9-13-12(7-8-18)14(16-19-13)10-3-5-11(15)6-4-10/h3-6,8H,7,9H2,1-2H3. The Hall–Kier alpha value is -2.01. The maximum Gasteiger partial charge on any atom is 0.154 e. The Morgan fingerprint density at radius 1 is 1.32 bits per heavy atom. The minimum absolute atomic E-state index is 0.235. The van der Waals surface area contributed by atoms with E-state index >= 15 is 0 Å². The van der Waals surface area contributed by atoms with Crippen molar-refractivity contribution in [2.45, 2.75) is 13.0 Å². The zero-order valence-electron chi connectivity index (χ0n) is 10.9. The van der Waals surface area contributed by atoms with Gasteiger partial charge in [0.15, 0.2) is 5.76 Å². The number of nitrogens with zero attached hydrogens (tertiary/aromatic N) is 2. The molecular weight excluding hydrogens is 247 g/mol. The van der Waals surface area contributed by atoms with Crippen molar-refractivity contribution in [3.8, 4) is 11.3 Å². The van der Waals surface area contributed by atoms with E-state index in [9.17, 15) is 9.18 Å². The van der Waals surface area contributed by atoms with Gasteiger partial charge in [0.25, 0.3) is 0 Å². The van der Waals surface area contributed by atoms with Gasteiger partial charge in [-0.1, -0.05) is 5.16 Å². The second-order valence-electron chi connectivity index (χ2n) is 4.55. The SMILES string of the molecule is CN(C)Cc1onc(-c2ccc(F)cc2)c1CC=O. The van der Waals surface area contributed by atoms with Crippen molar-refractivity contribution < 1.29 is 13.7 Å². The summed E-state index contributed by atoms with van der Waals surface area (Å²) in [4.78, 5) is 12.7. The Morgan fingerprint density at radius 2 is 2.00 bits per heavy atom. The molecule has 0 fully saturated rings. The van der Waals surface area contributed by atoms with Gasteiger partial charge in [-0.25, -0.2) is 4.39 Å². The maximum atomic E-state index is 12.9. The average Bonchev–Trinajstić information content (AvgIpc) is 2.73. The molecule has 0 N–H and O–H groups in total. The van der Waals surface area contributed by atoms with Crippen LogP contribution in [-0.4, -0.2) is 30.4 Å². The number of benzene rings is 1. The predicted octanol–water partition coefficient (Wildman–Crippen LogP) is 2.28. The third kappa shape index (κ3) is 3.06. The third-order valence-electron chi connectivity index (χ3n) is 2.73. The van der Waals surface area contributed by atoms with E-state index in [1.165, 1.54) is 12.1 Å². The van der Waals surface area contributed by atoms with Crippen LogP contribution in [0.5, 0.6) is 0 Å². The van der Waals surface area contributed by atoms with Crippen LogP contribution in [0, 0.1) is 5.82 Å². The highest BCUT2D eigenvalue weighted by molar-refractivity contribution is 5.68. The van der Waals surface area contributed by atoms with E-state index in [-0.39, 0.29) is 12.2 Å². The van der Waals surface area contributed by atoms with Crippen LogP contribution in [0.25, 0.3) is 11.3 Å². The number of hydrogen-bond acceptors (Lipinski definition) is 4. The van der Waals surface area contributed by atoms with Crippen LogP contribution in [0.2, 0.25) is 0 Å². The first kappa shape index (κ1) is 13.4. The molecule has 1 aromatic carbocycles. The lowest BCUT2D eigenvalue weighted by Gasteiger charge is -2.07. The summed E-state index contributed by atoms with van der Waals surface area (Å²) in [6.07, 6.45) is 1.05. The number of aromatic nitrogens is 1. The fourth-order valence-electron chi connectivity index (χ4n) is 1.88. The van der Waals surface area contributed by atoms with Gasteiger partial charge in [-0.05, 0) is 38.4 Å². The summed E-state index contributed by atoms with van der Waals surface area (Å²) < 4.78 is 18.2. The van der Waals surface area contributed by atoms with Gasteiger partial charge in [0.1, 0.15) is 17.8 Å². The smallest absolute Gasteiger partial charge is 0.154 e. The van der Waals surface area contributed by atoms with Gasteiger partial charge in [-0.3, -0.25) is 0 Å². The van der Waals surface area contributed by atoms with E-state index in [4.69, 9.17) is 4.52 Å². The van der Waals surface area contributed by atoms with Gasteiger partial charge in [0, 0.05) is 17.5 Å². The van der Waals surface area contributed by atoms with Crippen LogP contribution in [0.1, 0.15) is 11.3 Å². The fraction of sp³-hybridized carbons (Fsp3) is 0.286. The monoisotopic (exact) mass is 262 g/mol. The van der Waals surface area contributed by atoms with E-state index < -0.39 is 0 Å². The first-order chi connectivity index (χ1) is 9.11. The van der Waals surface area contributed by atoms with E-state index in [0.29, 0.717) is 18.0 Å². The van der Waals surface area contributed by atoms with Gasteiger partial charge in [-0.15, -0.1) is 0 Å². The topological polar surface area (TPSA) is 46.3 Å². The molecule has 0 saturated carbocycles. The molecule has 0 aliphatic rings. The molecular formula is C14H15FN2O2. The molecule has 1 aromatic heterocycles. The molecule has 100 valence electrons. The molecule has 1 heterocycles. The molecule has 2 aromatic rings. The quantitative estimate of drug-likeness (QED) is 0.776. The lowest BCUT2D eigenvalue weighted by atomic mass is 10.0. The van der Waals surface area contributed by atoms with Crippen molar-refractivity contribution in [1.29, 1.82) is 0 Å². The van der Waals surface area contributed by atoms with Crippen LogP contribution in [-0.2, 0) is 17.8 Å². The maximum absolute atomic E-state index is 12.9. The van der Waals surface area contributed by atoms with Crippen LogP contribution < -0.4 is 0 Å². The third-order valence-corrected chi connectivity index (χ3v) is 2.73. The van der Waals surface area contributed by atoms with Crippen molar-refractivity contribution in [3.05, 3.63) is 41.4 Å². The number of halogens is 1. The molecule has 0 aliphatic carbocycles. The van der Waals surface area contributed by atoms with E-state index in [0.717, 1.165) is 17.4 Å². The summed E-state index contributed by atoms with van der Waals surface area (Å²) in [6, 6.07) is 5.97. The molecule has 0 atom stereocenters. The molecule has 2 rings (SSSR count). The summed E-state index contributed by atoms with van der Waals surface area (Å²) in [5, 5.41) is 4.00. The second kappa shape index (κ2) is 5.75. The lowest BCUT2D eigenvalue weighted by molar-refractivity contribution is -0.107. The summed E-state index contributed by atoms with van der Waals surface area (Å²) in [7, 11) is 3.82. The molecule has 0 amide bonds. The summed E-state index contributed by atoms with van der Waals surface area (Å²) >= 11 is 0. The van der Waals surface area contributed by atoms with Crippen LogP contribution in [0.3, 0.4) is 0 Å². The number of aldehydes is 1. The number of carbonyl (C=O) groups excluding carboxylic acids is 1. The summed E-state index contributed by atoms with van der Waals surface area (Å²) in [5.41, 5.74) is 2.10. The van der Waals surface area contributed by atoms with Gasteiger partial charge >= 0.3 is 0 Å². The van der Waals surface area contributed by atoms with Gasteiger partial charge < -0.3 is 14.2 Å². The molecule has 0 radical (unpaired) electrons. The Bertz CT molecular complexity index is 561. The lowest BCUT2D eigenvalue weighted by Crippen LogP contribution is -2.11. The van der Waals surface area contributed by atoms with E-state index in [1.807, 2.05) is 19.0 Å². The normalized spacial score (nSPS) is 10.9. The summed E-state index contributed by atoms with van der Waals surface area (Å²) in [6.45, 7) is 0.567. The highest BCUT2D eigenvalue weighted by atomic mass is 19.1. The average molecular weight is 262 g/mol. The van der Waals surface area contributed by atoms with Crippen LogP contribution in [0.15, 0.2) is 28.8 Å². The van der Waals surface area contributed by atoms with Crippen molar-refractivity contribution in [3.63, 3.8) is 0 Å². The molecule has 4 nitrogen and oxygen atoms in total. The van der Waals surface area contributed by atoms with E-state index in [2.05, 4.69) is 5.16 Å². The molecule has 5 heteroatoms. The van der Waals surface area contributed by atoms with Crippen molar-refractivity contribution in [1.82, 2.24) is 10.1 Å². The number of hydrogen-bond donors (Lipinski definition) is 0. The van der Waals surface area contributed by atoms with Crippen molar-refractivity contribution in [2.24, 2.45) is 0 Å². The summed E-state index contributed by atoms with van der Waals surface area (Å²) in [5.74, 6) is 0.356. The van der Waals surface area contributed by atoms with Gasteiger partial charge in [0.2, 0.25) is 0 Å². The Kier molecular flexibility index (Phi) is 4.06. The van der Waals surface area contributed by atoms with Crippen molar-refractivity contribution in [2.75, 3.05) is 14.1 Å². The zero-order valence-corrected chi connectivity index (χ0v) is 10.9. The van der Waals surface area contributed by atoms with Crippen LogP contribution >= 0.6 is 0 Å². The molecule has 0 unspecified atom stereocenters. The predicted molar refractivity (Wildman–Crippen MR) is 69.1 cm³/mol. The highest BCUT2D eigenvalue weighted by Gasteiger charge is 2.17. The largest absolute Gasteiger partial charge is 0.359 e. The molecule has 0 spiro atoms. The first-order valence-electron chi connectivity index (χ1n) is 5.93. The second-order valence-corrected chi connectivity index (χ2v) is 4.55. The van der Waals surface area contributed by atoms with Crippen LogP contribution in [0.4, 0.5) is 4.39 Å². The zero-order chi connectivity index (χ0) is 13.8. The Balaban J connectivity index is 2.42. The van der Waals surface area contributed by atoms with Gasteiger partial charge in [0.05, 0.1) is 6.54 Å². The number of carbonyl (C=O) groups is 1. The van der Waals surface area contributed by atoms with E-state index in [1.54, 1.807) is 12.1 Å². The fourth-order valence-corrected chi connectivity index (χ4v) is 1.88. The van der Waals surface area contributed by atoms with Crippen molar-refractivity contribution >= 4 is 6.29 Å².